The SMILES string of the molecule is O=c1cc2c(nn1C1CCC(NCc3ccc(Br)o3)CC1)CCOC2. The fraction of sp³-hybridized carbons (Fsp3) is 0.556. The average Bonchev–Trinajstić information content (AvgIpc) is 3.05. The average molecular weight is 408 g/mol. The molecule has 0 bridgehead atoms. The summed E-state index contributed by atoms with van der Waals surface area (Å²) in [4.78, 5) is 12.4. The molecule has 2 aromatic rings. The molecule has 1 saturated carbocycles. The van der Waals surface area contributed by atoms with Gasteiger partial charge in [0.05, 0.1) is 31.5 Å². The first-order valence-electron chi connectivity index (χ1n) is 8.86. The Balaban J connectivity index is 1.36. The van der Waals surface area contributed by atoms with Gasteiger partial charge in [-0.1, -0.05) is 0 Å². The zero-order chi connectivity index (χ0) is 17.2. The Hall–Kier alpha value is -1.44. The maximum absolute atomic E-state index is 12.4. The van der Waals surface area contributed by atoms with E-state index in [1.807, 2.05) is 12.1 Å². The fourth-order valence-corrected chi connectivity index (χ4v) is 4.05. The number of furan rings is 1. The van der Waals surface area contributed by atoms with Crippen LogP contribution in [-0.4, -0.2) is 22.4 Å². The summed E-state index contributed by atoms with van der Waals surface area (Å²) in [5.74, 6) is 0.934. The van der Waals surface area contributed by atoms with Crippen LogP contribution >= 0.6 is 15.9 Å². The van der Waals surface area contributed by atoms with Gasteiger partial charge in [-0.25, -0.2) is 4.68 Å². The molecule has 1 aliphatic heterocycles. The maximum atomic E-state index is 12.4. The zero-order valence-corrected chi connectivity index (χ0v) is 15.6. The van der Waals surface area contributed by atoms with Crippen molar-refractivity contribution in [1.82, 2.24) is 15.1 Å². The first kappa shape index (κ1) is 17.0. The zero-order valence-electron chi connectivity index (χ0n) is 14.0. The van der Waals surface area contributed by atoms with Crippen LogP contribution in [0.15, 0.2) is 32.1 Å². The smallest absolute Gasteiger partial charge is 0.267 e. The Morgan fingerprint density at radius 1 is 1.28 bits per heavy atom. The molecule has 0 radical (unpaired) electrons. The van der Waals surface area contributed by atoms with E-state index in [2.05, 4.69) is 26.3 Å². The van der Waals surface area contributed by atoms with E-state index in [0.29, 0.717) is 19.3 Å². The summed E-state index contributed by atoms with van der Waals surface area (Å²) in [6, 6.07) is 6.26. The third-order valence-electron chi connectivity index (χ3n) is 5.10. The predicted molar refractivity (Wildman–Crippen MR) is 96.4 cm³/mol. The second-order valence-corrected chi connectivity index (χ2v) is 7.58. The van der Waals surface area contributed by atoms with E-state index in [1.54, 1.807) is 10.7 Å². The van der Waals surface area contributed by atoms with Crippen molar-refractivity contribution in [2.75, 3.05) is 6.61 Å². The largest absolute Gasteiger partial charge is 0.453 e. The summed E-state index contributed by atoms with van der Waals surface area (Å²) < 4.78 is 13.4. The molecule has 134 valence electrons. The first-order chi connectivity index (χ1) is 12.2. The van der Waals surface area contributed by atoms with Crippen molar-refractivity contribution in [3.05, 3.63) is 50.2 Å². The fourth-order valence-electron chi connectivity index (χ4n) is 3.71. The number of hydrogen-bond acceptors (Lipinski definition) is 5. The number of nitrogens with one attached hydrogen (secondary N) is 1. The molecular formula is C18H22BrN3O3. The van der Waals surface area contributed by atoms with Gasteiger partial charge in [-0.2, -0.15) is 5.10 Å². The molecule has 2 aromatic heterocycles. The van der Waals surface area contributed by atoms with Gasteiger partial charge in [0.15, 0.2) is 4.67 Å². The maximum Gasteiger partial charge on any atom is 0.267 e. The number of halogens is 1. The van der Waals surface area contributed by atoms with Crippen LogP contribution in [0.3, 0.4) is 0 Å². The van der Waals surface area contributed by atoms with Gasteiger partial charge in [0, 0.05) is 24.1 Å². The Labute approximate surface area is 154 Å². The van der Waals surface area contributed by atoms with Crippen LogP contribution in [0.4, 0.5) is 0 Å². The van der Waals surface area contributed by atoms with Gasteiger partial charge in [-0.05, 0) is 53.7 Å². The summed E-state index contributed by atoms with van der Waals surface area (Å²) in [5, 5.41) is 8.19. The van der Waals surface area contributed by atoms with Gasteiger partial charge in [0.2, 0.25) is 0 Å². The van der Waals surface area contributed by atoms with Crippen molar-refractivity contribution >= 4 is 15.9 Å². The van der Waals surface area contributed by atoms with Crippen LogP contribution in [0.2, 0.25) is 0 Å². The van der Waals surface area contributed by atoms with Gasteiger partial charge in [0.25, 0.3) is 5.56 Å². The molecule has 25 heavy (non-hydrogen) atoms. The highest BCUT2D eigenvalue weighted by Crippen LogP contribution is 2.28. The molecule has 2 aliphatic rings. The third-order valence-corrected chi connectivity index (χ3v) is 5.53. The van der Waals surface area contributed by atoms with Crippen molar-refractivity contribution < 1.29 is 9.15 Å². The van der Waals surface area contributed by atoms with Gasteiger partial charge in [-0.3, -0.25) is 4.79 Å². The lowest BCUT2D eigenvalue weighted by molar-refractivity contribution is 0.107. The second-order valence-electron chi connectivity index (χ2n) is 6.79. The van der Waals surface area contributed by atoms with Crippen LogP contribution in [0, 0.1) is 0 Å². The van der Waals surface area contributed by atoms with Crippen molar-refractivity contribution in [3.8, 4) is 0 Å². The number of fused-ring (bicyclic) bond motifs is 1. The van der Waals surface area contributed by atoms with Gasteiger partial charge < -0.3 is 14.5 Å². The van der Waals surface area contributed by atoms with Gasteiger partial charge >= 0.3 is 0 Å². The standard InChI is InChI=1S/C18H22BrN3O3/c19-17-6-5-15(25-17)10-20-13-1-3-14(4-2-13)22-18(23)9-12-11-24-8-7-16(12)21-22/h5-6,9,13-14,20H,1-4,7-8,10-11H2. The molecule has 0 spiro atoms. The topological polar surface area (TPSA) is 69.3 Å². The lowest BCUT2D eigenvalue weighted by Gasteiger charge is -2.30. The van der Waals surface area contributed by atoms with Gasteiger partial charge in [-0.15, -0.1) is 0 Å². The van der Waals surface area contributed by atoms with E-state index in [0.717, 1.165) is 60.3 Å². The minimum atomic E-state index is 0.00101. The Morgan fingerprint density at radius 3 is 2.88 bits per heavy atom. The molecule has 6 nitrogen and oxygen atoms in total. The molecule has 0 saturated heterocycles. The Morgan fingerprint density at radius 2 is 2.12 bits per heavy atom. The molecule has 0 atom stereocenters. The van der Waals surface area contributed by atoms with E-state index in [1.165, 1.54) is 0 Å². The quantitative estimate of drug-likeness (QED) is 0.843. The van der Waals surface area contributed by atoms with Crippen molar-refractivity contribution in [2.45, 2.75) is 57.3 Å². The van der Waals surface area contributed by atoms with Crippen LogP contribution in [0.1, 0.15) is 48.7 Å². The number of ether oxygens (including phenoxy) is 1. The van der Waals surface area contributed by atoms with E-state index in [9.17, 15) is 4.79 Å². The third kappa shape index (κ3) is 3.88. The van der Waals surface area contributed by atoms with Crippen molar-refractivity contribution in [2.24, 2.45) is 0 Å². The van der Waals surface area contributed by atoms with E-state index in [-0.39, 0.29) is 11.6 Å². The molecule has 0 aromatic carbocycles. The summed E-state index contributed by atoms with van der Waals surface area (Å²) in [5.41, 5.74) is 1.98. The summed E-state index contributed by atoms with van der Waals surface area (Å²) in [6.07, 6.45) is 4.83. The number of aromatic nitrogens is 2. The van der Waals surface area contributed by atoms with Gasteiger partial charge in [0.1, 0.15) is 5.76 Å². The first-order valence-corrected chi connectivity index (χ1v) is 9.65. The minimum absolute atomic E-state index is 0.00101. The normalized spacial score (nSPS) is 23.4. The molecule has 1 fully saturated rings. The second kappa shape index (κ2) is 7.43. The molecule has 1 aliphatic carbocycles. The van der Waals surface area contributed by atoms with Crippen LogP contribution in [-0.2, 0) is 24.3 Å². The van der Waals surface area contributed by atoms with Crippen LogP contribution in [0.25, 0.3) is 0 Å². The predicted octanol–water partition coefficient (Wildman–Crippen LogP) is 2.95. The van der Waals surface area contributed by atoms with Crippen molar-refractivity contribution in [3.63, 3.8) is 0 Å². The minimum Gasteiger partial charge on any atom is -0.453 e. The van der Waals surface area contributed by atoms with Crippen LogP contribution < -0.4 is 10.9 Å². The summed E-state index contributed by atoms with van der Waals surface area (Å²) in [6.45, 7) is 1.94. The van der Waals surface area contributed by atoms with Crippen molar-refractivity contribution in [1.29, 1.82) is 0 Å². The Bertz CT molecular complexity index is 793. The van der Waals surface area contributed by atoms with E-state index >= 15 is 0 Å². The molecule has 0 unspecified atom stereocenters. The molecule has 1 N–H and O–H groups in total. The molecule has 7 heteroatoms. The molecular weight excluding hydrogens is 386 g/mol. The van der Waals surface area contributed by atoms with E-state index in [4.69, 9.17) is 9.15 Å². The Kier molecular flexibility index (Phi) is 5.05. The lowest BCUT2D eigenvalue weighted by atomic mass is 9.91. The summed E-state index contributed by atoms with van der Waals surface area (Å²) in [7, 11) is 0. The lowest BCUT2D eigenvalue weighted by Crippen LogP contribution is -2.37. The highest BCUT2D eigenvalue weighted by Gasteiger charge is 2.25. The van der Waals surface area contributed by atoms with Crippen LogP contribution in [0.5, 0.6) is 0 Å². The monoisotopic (exact) mass is 407 g/mol. The highest BCUT2D eigenvalue weighted by molar-refractivity contribution is 9.10. The molecule has 0 amide bonds. The van der Waals surface area contributed by atoms with E-state index < -0.39 is 0 Å². The highest BCUT2D eigenvalue weighted by atomic mass is 79.9. The molecule has 4 rings (SSSR count). The number of rotatable bonds is 4. The number of nitrogens with zero attached hydrogens (tertiary/aromatic N) is 2. The number of hydrogen-bond donors (Lipinski definition) is 1. The molecule has 3 heterocycles. The summed E-state index contributed by atoms with van der Waals surface area (Å²) >= 11 is 3.32.